The lowest BCUT2D eigenvalue weighted by Crippen LogP contribution is -2.57. The Labute approximate surface area is 239 Å². The molecule has 1 saturated heterocycles. The maximum absolute atomic E-state index is 13.8. The average molecular weight is 563 g/mol. The third kappa shape index (κ3) is 7.38. The first-order valence-corrected chi connectivity index (χ1v) is 14.2. The number of aliphatic hydroxyl groups is 1. The summed E-state index contributed by atoms with van der Waals surface area (Å²) >= 11 is 0. The predicted octanol–water partition coefficient (Wildman–Crippen LogP) is 1.31. The van der Waals surface area contributed by atoms with Gasteiger partial charge in [0, 0.05) is 18.5 Å². The van der Waals surface area contributed by atoms with Gasteiger partial charge in [-0.05, 0) is 49.1 Å². The molecule has 10 heteroatoms. The van der Waals surface area contributed by atoms with Crippen LogP contribution in [0.3, 0.4) is 0 Å². The monoisotopic (exact) mass is 562 g/mol. The van der Waals surface area contributed by atoms with Gasteiger partial charge in [-0.1, -0.05) is 74.5 Å². The lowest BCUT2D eigenvalue weighted by molar-refractivity contribution is -0.142. The number of rotatable bonds is 13. The molecule has 0 bridgehead atoms. The van der Waals surface area contributed by atoms with E-state index in [9.17, 15) is 29.1 Å². The van der Waals surface area contributed by atoms with Gasteiger partial charge in [-0.25, -0.2) is 0 Å². The van der Waals surface area contributed by atoms with E-state index < -0.39 is 47.1 Å². The second-order valence-electron chi connectivity index (χ2n) is 11.3. The predicted molar refractivity (Wildman–Crippen MR) is 151 cm³/mol. The molecule has 0 radical (unpaired) electrons. The van der Waals surface area contributed by atoms with E-state index >= 15 is 0 Å². The molecule has 4 rings (SSSR count). The van der Waals surface area contributed by atoms with E-state index in [1.54, 1.807) is 60.7 Å². The molecule has 1 aliphatic heterocycles. The molecule has 41 heavy (non-hydrogen) atoms. The minimum Gasteiger partial charge on any atom is -0.372 e. The zero-order valence-corrected chi connectivity index (χ0v) is 23.4. The molecule has 2 aromatic carbocycles. The Morgan fingerprint density at radius 1 is 0.902 bits per heavy atom. The van der Waals surface area contributed by atoms with Crippen LogP contribution in [0.2, 0.25) is 0 Å². The average Bonchev–Trinajstić information content (AvgIpc) is 3.70. The second kappa shape index (κ2) is 13.1. The van der Waals surface area contributed by atoms with E-state index in [2.05, 4.69) is 21.3 Å². The van der Waals surface area contributed by atoms with Crippen molar-refractivity contribution in [2.45, 2.75) is 69.7 Å². The molecule has 0 aromatic heterocycles. The highest BCUT2D eigenvalue weighted by molar-refractivity contribution is 6.38. The van der Waals surface area contributed by atoms with Crippen LogP contribution in [-0.2, 0) is 29.6 Å². The van der Waals surface area contributed by atoms with Gasteiger partial charge in [-0.2, -0.15) is 0 Å². The number of ketones is 1. The molecule has 0 spiro atoms. The van der Waals surface area contributed by atoms with Crippen LogP contribution in [0.5, 0.6) is 0 Å². The van der Waals surface area contributed by atoms with Crippen molar-refractivity contribution in [3.8, 4) is 0 Å². The summed E-state index contributed by atoms with van der Waals surface area (Å²) in [7, 11) is 0. The molecule has 1 heterocycles. The fraction of sp³-hybridized carbons (Fsp3) is 0.452. The fourth-order valence-corrected chi connectivity index (χ4v) is 5.05. The fourth-order valence-electron chi connectivity index (χ4n) is 5.05. The lowest BCUT2D eigenvalue weighted by Gasteiger charge is -2.31. The standard InChI is InChI=1S/C31H38N4O6/c1-19(2)17-25(35-30(40)31(41,21-9-5-3-6-10-21)22-11-7-4-8-12-22)28(38)34-24(18-20-15-16-32-27(20)37)26(36)29(39)33-23-13-14-23/h3-12,19-20,23-25,41H,13-18H2,1-2H3,(H,32,37)(H,33,39)(H,34,38)(H,35,40)/t20-,24?,25-/m0/s1. The SMILES string of the molecule is CC(C)C[C@H](NC(=O)C(O)(c1ccccc1)c1ccccc1)C(=O)NC(C[C@@H]1CCNC1=O)C(=O)C(=O)NC1CC1. The van der Waals surface area contributed by atoms with Crippen molar-refractivity contribution in [1.82, 2.24) is 21.3 Å². The van der Waals surface area contributed by atoms with E-state index in [0.29, 0.717) is 24.1 Å². The summed E-state index contributed by atoms with van der Waals surface area (Å²) in [6.45, 7) is 4.21. The highest BCUT2D eigenvalue weighted by atomic mass is 16.3. The van der Waals surface area contributed by atoms with Gasteiger partial charge in [0.2, 0.25) is 17.6 Å². The molecule has 2 aromatic rings. The van der Waals surface area contributed by atoms with Gasteiger partial charge in [0.1, 0.15) is 6.04 Å². The number of nitrogens with one attached hydrogen (secondary N) is 4. The molecule has 4 amide bonds. The van der Waals surface area contributed by atoms with Gasteiger partial charge in [0.15, 0.2) is 5.60 Å². The molecule has 1 aliphatic carbocycles. The Morgan fingerprint density at radius 2 is 1.49 bits per heavy atom. The van der Waals surface area contributed by atoms with Gasteiger partial charge >= 0.3 is 0 Å². The maximum atomic E-state index is 13.8. The van der Waals surface area contributed by atoms with Crippen LogP contribution in [-0.4, -0.2) is 59.2 Å². The smallest absolute Gasteiger partial charge is 0.289 e. The molecule has 10 nitrogen and oxygen atoms in total. The van der Waals surface area contributed by atoms with Crippen LogP contribution in [0.25, 0.3) is 0 Å². The zero-order chi connectivity index (χ0) is 29.6. The van der Waals surface area contributed by atoms with Crippen molar-refractivity contribution >= 4 is 29.4 Å². The van der Waals surface area contributed by atoms with Gasteiger partial charge < -0.3 is 26.4 Å². The number of benzene rings is 2. The van der Waals surface area contributed by atoms with Crippen LogP contribution in [0.4, 0.5) is 0 Å². The van der Waals surface area contributed by atoms with Gasteiger partial charge in [-0.3, -0.25) is 24.0 Å². The van der Waals surface area contributed by atoms with Gasteiger partial charge in [-0.15, -0.1) is 0 Å². The van der Waals surface area contributed by atoms with E-state index in [4.69, 9.17) is 0 Å². The minimum absolute atomic E-state index is 0.0329. The van der Waals surface area contributed by atoms with Crippen molar-refractivity contribution in [3.05, 3.63) is 71.8 Å². The largest absolute Gasteiger partial charge is 0.372 e. The van der Waals surface area contributed by atoms with Crippen molar-refractivity contribution in [2.75, 3.05) is 6.54 Å². The molecule has 218 valence electrons. The first kappa shape index (κ1) is 29.9. The third-order valence-electron chi connectivity index (χ3n) is 7.49. The van der Waals surface area contributed by atoms with Crippen molar-refractivity contribution in [3.63, 3.8) is 0 Å². The number of carbonyl (C=O) groups excluding carboxylic acids is 5. The molecular weight excluding hydrogens is 524 g/mol. The highest BCUT2D eigenvalue weighted by Crippen LogP contribution is 2.30. The molecule has 2 aliphatic rings. The number of hydrogen-bond acceptors (Lipinski definition) is 6. The van der Waals surface area contributed by atoms with Crippen molar-refractivity contribution in [1.29, 1.82) is 0 Å². The summed E-state index contributed by atoms with van der Waals surface area (Å²) < 4.78 is 0. The first-order chi connectivity index (χ1) is 19.6. The Balaban J connectivity index is 1.58. The number of hydrogen-bond donors (Lipinski definition) is 5. The van der Waals surface area contributed by atoms with Crippen molar-refractivity contribution in [2.24, 2.45) is 11.8 Å². The summed E-state index contributed by atoms with van der Waals surface area (Å²) in [5.74, 6) is -3.92. The third-order valence-corrected chi connectivity index (χ3v) is 7.49. The first-order valence-electron chi connectivity index (χ1n) is 14.2. The summed E-state index contributed by atoms with van der Waals surface area (Å²) in [6.07, 6.45) is 2.23. The minimum atomic E-state index is -2.10. The number of Topliss-reactive ketones (excluding diaryl/α,β-unsaturated/α-hetero) is 1. The Morgan fingerprint density at radius 3 is 1.98 bits per heavy atom. The summed E-state index contributed by atoms with van der Waals surface area (Å²) in [5, 5.41) is 22.6. The highest BCUT2D eigenvalue weighted by Gasteiger charge is 2.42. The van der Waals surface area contributed by atoms with Crippen LogP contribution >= 0.6 is 0 Å². The Bertz CT molecular complexity index is 1220. The molecule has 5 N–H and O–H groups in total. The maximum Gasteiger partial charge on any atom is 0.289 e. The lowest BCUT2D eigenvalue weighted by atomic mass is 9.85. The topological polar surface area (TPSA) is 154 Å². The Kier molecular flexibility index (Phi) is 9.54. The van der Waals surface area contributed by atoms with Crippen LogP contribution in [0.15, 0.2) is 60.7 Å². The van der Waals surface area contributed by atoms with Crippen LogP contribution in [0.1, 0.15) is 57.1 Å². The number of amides is 4. The summed E-state index contributed by atoms with van der Waals surface area (Å²) in [4.78, 5) is 65.5. The molecule has 3 atom stereocenters. The van der Waals surface area contributed by atoms with Gasteiger partial charge in [0.05, 0.1) is 6.04 Å². The number of carbonyl (C=O) groups is 5. The van der Waals surface area contributed by atoms with Gasteiger partial charge in [0.25, 0.3) is 11.8 Å². The van der Waals surface area contributed by atoms with E-state index in [0.717, 1.165) is 12.8 Å². The van der Waals surface area contributed by atoms with E-state index in [-0.39, 0.29) is 30.7 Å². The van der Waals surface area contributed by atoms with E-state index in [1.165, 1.54) is 0 Å². The quantitative estimate of drug-likeness (QED) is 0.232. The van der Waals surface area contributed by atoms with Crippen LogP contribution < -0.4 is 21.3 Å². The van der Waals surface area contributed by atoms with Crippen LogP contribution in [0, 0.1) is 11.8 Å². The summed E-state index contributed by atoms with van der Waals surface area (Å²) in [6, 6.07) is 14.4. The second-order valence-corrected chi connectivity index (χ2v) is 11.3. The molecule has 2 fully saturated rings. The normalized spacial score (nSPS) is 18.2. The summed E-state index contributed by atoms with van der Waals surface area (Å²) in [5.41, 5.74) is -1.45. The Hall–Kier alpha value is -4.05. The van der Waals surface area contributed by atoms with Crippen molar-refractivity contribution < 1.29 is 29.1 Å². The molecular formula is C31H38N4O6. The molecule has 1 saturated carbocycles. The zero-order valence-electron chi connectivity index (χ0n) is 23.4. The molecule has 1 unspecified atom stereocenters. The van der Waals surface area contributed by atoms with E-state index in [1.807, 2.05) is 13.8 Å².